The van der Waals surface area contributed by atoms with E-state index in [1.807, 2.05) is 97.9 Å². The van der Waals surface area contributed by atoms with Gasteiger partial charge in [-0.25, -0.2) is 26.4 Å². The second kappa shape index (κ2) is 53.8. The molecule has 0 radical (unpaired) electrons. The minimum Gasteiger partial charge on any atom is -1.00 e. The highest BCUT2D eigenvalue weighted by Crippen LogP contribution is 2.41. The predicted octanol–water partition coefficient (Wildman–Crippen LogP) is 25.8. The van der Waals surface area contributed by atoms with Crippen LogP contribution >= 0.6 is 23.2 Å². The van der Waals surface area contributed by atoms with Gasteiger partial charge in [-0.3, -0.25) is 51.8 Å². The summed E-state index contributed by atoms with van der Waals surface area (Å²) in [6, 6.07) is 113. The molecule has 0 N–H and O–H groups in total. The zero-order valence-corrected chi connectivity index (χ0v) is 81.3. The Hall–Kier alpha value is -13.2. The predicted molar refractivity (Wildman–Crippen MR) is 538 cm³/mol. The van der Waals surface area contributed by atoms with E-state index in [1.54, 1.807) is 24.3 Å². The van der Waals surface area contributed by atoms with Gasteiger partial charge in [-0.15, -0.1) is 0 Å². The highest BCUT2D eigenvalue weighted by molar-refractivity contribution is 6.34. The maximum atomic E-state index is 13.3. The summed E-state index contributed by atoms with van der Waals surface area (Å²) in [6.45, 7) is 35.2. The number of rotatable bonds is 12. The van der Waals surface area contributed by atoms with Crippen molar-refractivity contribution >= 4 is 53.4 Å². The minimum atomic E-state index is -3.67. The minimum absolute atomic E-state index is 0. The van der Waals surface area contributed by atoms with Crippen LogP contribution in [0.1, 0.15) is 128 Å². The van der Waals surface area contributed by atoms with E-state index in [0.29, 0.717) is 16.5 Å². The van der Waals surface area contributed by atoms with Crippen molar-refractivity contribution in [3.8, 4) is 135 Å². The fourth-order valence-corrected chi connectivity index (χ4v) is 14.0. The first-order valence-corrected chi connectivity index (χ1v) is 44.2. The summed E-state index contributed by atoms with van der Waals surface area (Å²) in [6.07, 6.45) is 0. The number of aryl methyl sites for hydroxylation is 4. The van der Waals surface area contributed by atoms with Gasteiger partial charge in [-0.1, -0.05) is 274 Å². The Balaban J connectivity index is 0.000000310. The van der Waals surface area contributed by atoms with Crippen molar-refractivity contribution in [2.75, 3.05) is 0 Å². The zero-order valence-electron chi connectivity index (χ0n) is 79.8. The van der Waals surface area contributed by atoms with E-state index in [2.05, 4.69) is 304 Å². The fraction of sp³-hybridized carbons (Fsp3) is 0.179. The lowest BCUT2D eigenvalue weighted by Gasteiger charge is -2.19. The van der Waals surface area contributed by atoms with E-state index in [9.17, 15) is 60.6 Å². The monoisotopic (exact) mass is 1970 g/mol. The van der Waals surface area contributed by atoms with Crippen molar-refractivity contribution < 1.29 is 97.1 Å². The Kier molecular flexibility index (Phi) is 45.1. The van der Waals surface area contributed by atoms with Crippen LogP contribution in [0.25, 0.3) is 135 Å². The van der Waals surface area contributed by atoms with E-state index in [-0.39, 0.29) is 52.1 Å². The summed E-state index contributed by atoms with van der Waals surface area (Å²) < 4.78 is 168. The van der Waals surface area contributed by atoms with Crippen molar-refractivity contribution in [1.82, 2.24) is 0 Å². The van der Waals surface area contributed by atoms with E-state index in [1.165, 1.54) is 74.3 Å². The molecule has 728 valence electrons. The molecule has 0 spiro atoms. The molecule has 140 heavy (non-hydrogen) atoms. The molecule has 0 saturated heterocycles. The first kappa shape index (κ1) is 117. The molecule has 4 heterocycles. The number of halogens is 20. The molecule has 0 saturated carbocycles. The topological polar surface area (TPSA) is 45.2 Å². The smallest absolute Gasteiger partial charge is 0.762 e. The molecular formula is C112H104B4Cl2F18O4. The largest absolute Gasteiger partial charge is 1.00 e. The van der Waals surface area contributed by atoms with Crippen molar-refractivity contribution in [2.45, 2.75) is 132 Å². The van der Waals surface area contributed by atoms with Crippen LogP contribution in [0.2, 0.25) is 10.0 Å². The van der Waals surface area contributed by atoms with E-state index < -0.39 is 30.2 Å². The molecule has 4 aromatic heterocycles. The van der Waals surface area contributed by atoms with E-state index in [0.717, 1.165) is 123 Å². The van der Waals surface area contributed by atoms with Crippen molar-refractivity contribution in [3.05, 3.63) is 406 Å². The standard InChI is InChI=1S/2C32H35O.C24H17Cl2O.C24H17F2O.4BF3.4FH/c2*1-22-8-10-24(11-9-22)29-20-26(23-12-16-27(17-13-23)31(2,3)4)21-30(33-29)25-14-18-28(19-15-25)32(5,6)7;2*1-16-2-4-18(5-3-16)23-14-20(17-6-10-21(25)11-7-17)15-24(27-23)19-8-12-22(26)13-9-19;4*2-1(3)4;;;;/h2*8-21H,1-7H3;2*2-15H,1H3;;;;;4*1H/q4*+1;;;;;;;;/p-4. The third-order valence-corrected chi connectivity index (χ3v) is 21.9. The molecule has 0 amide bonds. The average Bonchev–Trinajstić information content (AvgIpc) is 0.796. The summed E-state index contributed by atoms with van der Waals surface area (Å²) >= 11 is 12.1. The lowest BCUT2D eigenvalue weighted by molar-refractivity contribution is -0.00100. The second-order valence-corrected chi connectivity index (χ2v) is 37.0. The highest BCUT2D eigenvalue weighted by atomic mass is 35.5. The van der Waals surface area contributed by atoms with Gasteiger partial charge >= 0.3 is 76.3 Å². The van der Waals surface area contributed by atoms with Gasteiger partial charge in [0.2, 0.25) is 0 Å². The van der Waals surface area contributed by atoms with Gasteiger partial charge in [0.1, 0.15) is 11.6 Å². The summed E-state index contributed by atoms with van der Waals surface area (Å²) in [7, 11) is -14.7. The Bertz CT molecular complexity index is 5580. The molecule has 0 aliphatic heterocycles. The summed E-state index contributed by atoms with van der Waals surface area (Å²) in [5, 5.41) is 1.42. The SMILES string of the molecule is Cc1ccc(-c2cc(-c3ccc(C(C)(C)C)cc3)cc(-c3ccc(C(C)(C)C)cc3)[o+]2)cc1.Cc1ccc(-c2cc(-c3ccc(C(C)(C)C)cc3)cc(-c3ccc(C(C)(C)C)cc3)[o+]2)cc1.Cc1ccc(-c2cc(-c3ccc(Cl)cc3)cc(-c3ccc(Cl)cc3)[o+]2)cc1.Cc1ccc(-c2cc(-c3ccc(F)cc3)cc(-c3ccc(F)cc3)[o+]2)cc1.FB(F)F.FB(F)F.FB(F)F.FB(F)F.[F-].[F-].[F-].[F-]. The van der Waals surface area contributed by atoms with Gasteiger partial charge in [-0.05, 0) is 239 Å². The van der Waals surface area contributed by atoms with Gasteiger partial charge in [-0.2, -0.15) is 0 Å². The number of benzene rings is 12. The maximum Gasteiger partial charge on any atom is 0.762 e. The molecular weight excluding hydrogens is 1870 g/mol. The highest BCUT2D eigenvalue weighted by Gasteiger charge is 2.29. The molecule has 12 aromatic carbocycles. The second-order valence-electron chi connectivity index (χ2n) is 36.1. The van der Waals surface area contributed by atoms with Gasteiger partial charge in [0.25, 0.3) is 0 Å². The molecule has 0 aliphatic carbocycles. The van der Waals surface area contributed by atoms with Crippen molar-refractivity contribution in [2.24, 2.45) is 0 Å². The fourth-order valence-electron chi connectivity index (χ4n) is 13.8. The quantitative estimate of drug-likeness (QED) is 0.0695. The Morgan fingerprint density at radius 2 is 0.293 bits per heavy atom. The molecule has 0 bridgehead atoms. The molecule has 0 fully saturated rings. The zero-order chi connectivity index (χ0) is 99.5. The van der Waals surface area contributed by atoms with Gasteiger partial charge in [0.15, 0.2) is 0 Å². The Morgan fingerprint density at radius 1 is 0.179 bits per heavy atom. The van der Waals surface area contributed by atoms with Crippen LogP contribution in [0.4, 0.5) is 60.6 Å². The van der Waals surface area contributed by atoms with Crippen LogP contribution < -0.4 is 18.8 Å². The first-order chi connectivity index (χ1) is 64.1. The van der Waals surface area contributed by atoms with Gasteiger partial charge < -0.3 is 18.8 Å². The third kappa shape index (κ3) is 37.2. The summed E-state index contributed by atoms with van der Waals surface area (Å²) in [5.41, 5.74) is 27.4. The Morgan fingerprint density at radius 3 is 0.443 bits per heavy atom. The molecule has 0 atom stereocenters. The Labute approximate surface area is 819 Å². The van der Waals surface area contributed by atoms with Crippen LogP contribution in [0, 0.1) is 39.3 Å². The number of hydrogen-bond donors (Lipinski definition) is 0. The van der Waals surface area contributed by atoms with Crippen molar-refractivity contribution in [1.29, 1.82) is 0 Å². The van der Waals surface area contributed by atoms with Crippen molar-refractivity contribution in [3.63, 3.8) is 0 Å². The van der Waals surface area contributed by atoms with Crippen LogP contribution in [0.3, 0.4) is 0 Å². The molecule has 28 heteroatoms. The molecule has 16 aromatic rings. The first-order valence-electron chi connectivity index (χ1n) is 43.5. The molecule has 16 rings (SSSR count). The average molecular weight is 1970 g/mol. The van der Waals surface area contributed by atoms with E-state index in [4.69, 9.17) is 40.9 Å². The van der Waals surface area contributed by atoms with Gasteiger partial charge in [0.05, 0.1) is 93.0 Å². The molecule has 4 nitrogen and oxygen atoms in total. The van der Waals surface area contributed by atoms with Crippen LogP contribution in [-0.2, 0) is 21.7 Å². The normalized spacial score (nSPS) is 10.6. The molecule has 0 unspecified atom stereocenters. The summed E-state index contributed by atoms with van der Waals surface area (Å²) in [4.78, 5) is 0. The van der Waals surface area contributed by atoms with Gasteiger partial charge in [0, 0.05) is 32.3 Å². The lowest BCUT2D eigenvalue weighted by atomic mass is 9.86. The van der Waals surface area contributed by atoms with Crippen LogP contribution in [0.5, 0.6) is 0 Å². The van der Waals surface area contributed by atoms with E-state index >= 15 is 0 Å². The van der Waals surface area contributed by atoms with Crippen LogP contribution in [0.15, 0.2) is 357 Å². The lowest BCUT2D eigenvalue weighted by Crippen LogP contribution is -3.00. The number of hydrogen-bond acceptors (Lipinski definition) is 0. The van der Waals surface area contributed by atoms with Crippen LogP contribution in [-0.4, -0.2) is 30.2 Å². The maximum absolute atomic E-state index is 13.3. The molecule has 0 aliphatic rings. The summed E-state index contributed by atoms with van der Waals surface area (Å²) in [5.74, 6) is 5.84. The third-order valence-electron chi connectivity index (χ3n) is 21.4.